The molecule has 1 aromatic heterocycles. The highest BCUT2D eigenvalue weighted by atomic mass is 16.3. The predicted molar refractivity (Wildman–Crippen MR) is 80.6 cm³/mol. The second-order valence-corrected chi connectivity index (χ2v) is 3.38. The highest BCUT2D eigenvalue weighted by Gasteiger charge is 2.05. The number of aliphatic hydroxyl groups excluding tert-OH is 2. The topological polar surface area (TPSA) is 56.2 Å². The maximum Gasteiger partial charge on any atom is 0.0898 e. The van der Waals surface area contributed by atoms with E-state index in [0.717, 1.165) is 31.2 Å². The van der Waals surface area contributed by atoms with Crippen LogP contribution in [0.3, 0.4) is 0 Å². The lowest BCUT2D eigenvalue weighted by atomic mass is 10.1. The number of aryl methyl sites for hydroxylation is 1. The van der Waals surface area contributed by atoms with Gasteiger partial charge in [-0.3, -0.25) is 0 Å². The molecule has 0 amide bonds. The van der Waals surface area contributed by atoms with E-state index in [1.54, 1.807) is 19.1 Å². The molecule has 0 aliphatic heterocycles. The van der Waals surface area contributed by atoms with Crippen LogP contribution in [0.25, 0.3) is 12.2 Å². The molecule has 0 radical (unpaired) electrons. The van der Waals surface area contributed by atoms with Crippen LogP contribution in [-0.4, -0.2) is 22.3 Å². The molecule has 0 unspecified atom stereocenters. The van der Waals surface area contributed by atoms with Crippen LogP contribution in [0, 0.1) is 0 Å². The summed E-state index contributed by atoms with van der Waals surface area (Å²) in [6.07, 6.45) is 7.64. The Balaban J connectivity index is 0. The van der Waals surface area contributed by atoms with Crippen LogP contribution in [0.4, 0.5) is 0 Å². The molecule has 0 bridgehead atoms. The van der Waals surface area contributed by atoms with Crippen LogP contribution >= 0.6 is 0 Å². The van der Waals surface area contributed by atoms with Crippen molar-refractivity contribution in [3.8, 4) is 0 Å². The number of hydrogen-bond acceptors (Lipinski definition) is 2. The summed E-state index contributed by atoms with van der Waals surface area (Å²) in [5, 5.41) is 16.2. The zero-order chi connectivity index (χ0) is 14.6. The number of H-pyrrole nitrogens is 1. The second-order valence-electron chi connectivity index (χ2n) is 3.38. The number of aromatic nitrogens is 1. The first-order valence-electron chi connectivity index (χ1n) is 6.33. The largest absolute Gasteiger partial charge is 0.513 e. The summed E-state index contributed by atoms with van der Waals surface area (Å²) in [5.74, 6) is 0.324. The summed E-state index contributed by atoms with van der Waals surface area (Å²) < 4.78 is 0. The zero-order valence-corrected chi connectivity index (χ0v) is 12.2. The van der Waals surface area contributed by atoms with Gasteiger partial charge in [0.05, 0.1) is 5.76 Å². The molecule has 18 heavy (non-hydrogen) atoms. The van der Waals surface area contributed by atoms with Gasteiger partial charge in [0, 0.05) is 24.6 Å². The number of hydrogen-bond donors (Lipinski definition) is 3. The molecule has 0 spiro atoms. The lowest BCUT2D eigenvalue weighted by molar-refractivity contribution is 0.399. The van der Waals surface area contributed by atoms with Crippen molar-refractivity contribution in [2.75, 3.05) is 7.11 Å². The van der Waals surface area contributed by atoms with Gasteiger partial charge in [-0.15, -0.1) is 0 Å². The molecule has 3 N–H and O–H groups in total. The van der Waals surface area contributed by atoms with Crippen LogP contribution in [0.5, 0.6) is 0 Å². The molecule has 1 aromatic rings. The summed E-state index contributed by atoms with van der Waals surface area (Å²) in [4.78, 5) is 3.14. The normalized spacial score (nSPS) is 9.78. The summed E-state index contributed by atoms with van der Waals surface area (Å²) in [7, 11) is 1.00. The fourth-order valence-electron chi connectivity index (χ4n) is 1.52. The standard InChI is InChI=1S/C12H17NO.C2H6.CH4O/c1-4-6-10-8-13-12(5-2)11(10)7-9(3)14;2*1-2/h5,7-8,13-14H,2,4,6H2,1,3H3;1-2H3;2H,1H3/b9-7+;;. The van der Waals surface area contributed by atoms with Crippen molar-refractivity contribution in [2.45, 2.75) is 40.5 Å². The van der Waals surface area contributed by atoms with E-state index in [-0.39, 0.29) is 0 Å². The van der Waals surface area contributed by atoms with Gasteiger partial charge in [0.2, 0.25) is 0 Å². The fraction of sp³-hybridized carbons (Fsp3) is 0.467. The second kappa shape index (κ2) is 12.0. The van der Waals surface area contributed by atoms with Gasteiger partial charge in [-0.05, 0) is 31.1 Å². The summed E-state index contributed by atoms with van der Waals surface area (Å²) >= 11 is 0. The molecule has 0 aliphatic carbocycles. The van der Waals surface area contributed by atoms with Crippen LogP contribution in [0.1, 0.15) is 50.9 Å². The van der Waals surface area contributed by atoms with Crippen molar-refractivity contribution >= 4 is 12.2 Å². The Morgan fingerprint density at radius 2 is 1.94 bits per heavy atom. The molecule has 0 aromatic carbocycles. The molecule has 0 atom stereocenters. The number of nitrogens with one attached hydrogen (secondary N) is 1. The molecule has 0 aliphatic rings. The Bertz CT molecular complexity index is 347. The van der Waals surface area contributed by atoms with Crippen LogP contribution in [0.2, 0.25) is 0 Å². The first-order valence-corrected chi connectivity index (χ1v) is 6.33. The van der Waals surface area contributed by atoms with E-state index in [1.807, 2.05) is 20.0 Å². The number of allylic oxidation sites excluding steroid dienone is 1. The van der Waals surface area contributed by atoms with Crippen molar-refractivity contribution < 1.29 is 10.2 Å². The minimum absolute atomic E-state index is 0.324. The third kappa shape index (κ3) is 6.30. The van der Waals surface area contributed by atoms with E-state index < -0.39 is 0 Å². The van der Waals surface area contributed by atoms with E-state index in [1.165, 1.54) is 5.56 Å². The fourth-order valence-corrected chi connectivity index (χ4v) is 1.52. The molecule has 0 saturated carbocycles. The molecule has 0 saturated heterocycles. The van der Waals surface area contributed by atoms with Crippen LogP contribution in [0.15, 0.2) is 18.5 Å². The quantitative estimate of drug-likeness (QED) is 0.706. The monoisotopic (exact) mass is 253 g/mol. The lowest BCUT2D eigenvalue weighted by Crippen LogP contribution is -1.85. The van der Waals surface area contributed by atoms with Gasteiger partial charge in [0.15, 0.2) is 0 Å². The predicted octanol–water partition coefficient (Wildman–Crippen LogP) is 4.16. The lowest BCUT2D eigenvalue weighted by Gasteiger charge is -1.99. The molecule has 1 heterocycles. The molecule has 3 heteroatoms. The zero-order valence-electron chi connectivity index (χ0n) is 12.2. The summed E-state index contributed by atoms with van der Waals surface area (Å²) in [6.45, 7) is 11.5. The van der Waals surface area contributed by atoms with E-state index in [9.17, 15) is 5.11 Å². The number of aromatic amines is 1. The Hall–Kier alpha value is -1.48. The van der Waals surface area contributed by atoms with Gasteiger partial charge >= 0.3 is 0 Å². The highest BCUT2D eigenvalue weighted by molar-refractivity contribution is 5.65. The first-order chi connectivity index (χ1) is 8.69. The van der Waals surface area contributed by atoms with Gasteiger partial charge in [0.25, 0.3) is 0 Å². The average molecular weight is 253 g/mol. The molecular formula is C15H27NO2. The van der Waals surface area contributed by atoms with Gasteiger partial charge in [-0.1, -0.05) is 33.8 Å². The number of aliphatic hydroxyl groups is 2. The average Bonchev–Trinajstić information content (AvgIpc) is 2.77. The van der Waals surface area contributed by atoms with Crippen LogP contribution in [-0.2, 0) is 6.42 Å². The highest BCUT2D eigenvalue weighted by Crippen LogP contribution is 2.19. The van der Waals surface area contributed by atoms with E-state index in [2.05, 4.69) is 18.5 Å². The van der Waals surface area contributed by atoms with E-state index in [4.69, 9.17) is 5.11 Å². The van der Waals surface area contributed by atoms with Crippen molar-refractivity contribution in [3.63, 3.8) is 0 Å². The van der Waals surface area contributed by atoms with Crippen molar-refractivity contribution in [3.05, 3.63) is 35.4 Å². The van der Waals surface area contributed by atoms with Crippen LogP contribution < -0.4 is 0 Å². The SMILES string of the molecule is C=Cc1[nH]cc(CCC)c1/C=C(\C)O.CC.CO. The molecular weight excluding hydrogens is 226 g/mol. The van der Waals surface area contributed by atoms with Gasteiger partial charge in [0.1, 0.15) is 0 Å². The van der Waals surface area contributed by atoms with Crippen molar-refractivity contribution in [1.82, 2.24) is 4.98 Å². The van der Waals surface area contributed by atoms with E-state index in [0.29, 0.717) is 5.76 Å². The molecule has 104 valence electrons. The molecule has 1 rings (SSSR count). The summed E-state index contributed by atoms with van der Waals surface area (Å²) in [6, 6.07) is 0. The maximum atomic E-state index is 9.25. The van der Waals surface area contributed by atoms with E-state index >= 15 is 0 Å². The molecule has 0 fully saturated rings. The Morgan fingerprint density at radius 1 is 1.39 bits per heavy atom. The Kier molecular flexibility index (Phi) is 12.6. The minimum atomic E-state index is 0.324. The first kappa shape index (κ1) is 18.9. The maximum absolute atomic E-state index is 9.25. The third-order valence-corrected chi connectivity index (χ3v) is 2.11. The molecule has 3 nitrogen and oxygen atoms in total. The van der Waals surface area contributed by atoms with Gasteiger partial charge < -0.3 is 15.2 Å². The minimum Gasteiger partial charge on any atom is -0.513 e. The van der Waals surface area contributed by atoms with Crippen molar-refractivity contribution in [2.24, 2.45) is 0 Å². The number of rotatable bonds is 4. The van der Waals surface area contributed by atoms with Gasteiger partial charge in [-0.2, -0.15) is 0 Å². The Labute approximate surface area is 111 Å². The third-order valence-electron chi connectivity index (χ3n) is 2.11. The summed E-state index contributed by atoms with van der Waals surface area (Å²) in [5.41, 5.74) is 3.26. The van der Waals surface area contributed by atoms with Gasteiger partial charge in [-0.25, -0.2) is 0 Å². The smallest absolute Gasteiger partial charge is 0.0898 e. The Morgan fingerprint density at radius 3 is 2.33 bits per heavy atom. The van der Waals surface area contributed by atoms with Crippen molar-refractivity contribution in [1.29, 1.82) is 0 Å².